The molecular weight excluding hydrogens is 156 g/mol. The quantitative estimate of drug-likeness (QED) is 0.704. The van der Waals surface area contributed by atoms with Gasteiger partial charge in [-0.2, -0.15) is 0 Å². The van der Waals surface area contributed by atoms with Gasteiger partial charge in [0.2, 0.25) is 5.88 Å². The Morgan fingerprint density at radius 2 is 2.58 bits per heavy atom. The Bertz CT molecular complexity index is 286. The highest BCUT2D eigenvalue weighted by atomic mass is 16.5. The van der Waals surface area contributed by atoms with Gasteiger partial charge in [0.1, 0.15) is 5.69 Å². The lowest BCUT2D eigenvalue weighted by Crippen LogP contribution is -2.13. The Morgan fingerprint density at radius 3 is 3.17 bits per heavy atom. The third kappa shape index (κ3) is 1.95. The van der Waals surface area contributed by atoms with Crippen LogP contribution in [0.4, 0.5) is 0 Å². The summed E-state index contributed by atoms with van der Waals surface area (Å²) < 4.78 is 5.06. The molecule has 4 nitrogen and oxygen atoms in total. The van der Waals surface area contributed by atoms with Crippen LogP contribution in [0.25, 0.3) is 0 Å². The molecule has 1 rings (SSSR count). The topological polar surface area (TPSA) is 65.2 Å². The van der Waals surface area contributed by atoms with Crippen LogP contribution in [0.2, 0.25) is 0 Å². The first-order valence-corrected chi connectivity index (χ1v) is 3.55. The Kier molecular flexibility index (Phi) is 2.63. The van der Waals surface area contributed by atoms with Gasteiger partial charge in [-0.3, -0.25) is 4.79 Å². The van der Waals surface area contributed by atoms with Crippen LogP contribution in [-0.4, -0.2) is 17.5 Å². The third-order valence-corrected chi connectivity index (χ3v) is 1.19. The lowest BCUT2D eigenvalue weighted by molar-refractivity contribution is 0.0994. The highest BCUT2D eigenvalue weighted by Crippen LogP contribution is 2.05. The van der Waals surface area contributed by atoms with Gasteiger partial charge in [-0.1, -0.05) is 0 Å². The predicted octanol–water partition coefficient (Wildman–Crippen LogP) is 0.379. The van der Waals surface area contributed by atoms with E-state index in [0.29, 0.717) is 12.5 Å². The van der Waals surface area contributed by atoms with Crippen LogP contribution >= 0.6 is 0 Å². The fraction of sp³-hybridized carbons (Fsp3) is 0.250. The Labute approximate surface area is 70.4 Å². The number of carbonyl (C=O) groups is 1. The van der Waals surface area contributed by atoms with E-state index in [0.717, 1.165) is 0 Å². The highest BCUT2D eigenvalue weighted by molar-refractivity contribution is 5.90. The SMILES string of the molecule is CCOc1cc[c]c(C(N)=O)n1. The molecular formula is C8H9N2O2. The monoisotopic (exact) mass is 165 g/mol. The van der Waals surface area contributed by atoms with E-state index < -0.39 is 5.91 Å². The van der Waals surface area contributed by atoms with Crippen LogP contribution in [-0.2, 0) is 0 Å². The minimum atomic E-state index is -0.600. The van der Waals surface area contributed by atoms with Crippen molar-refractivity contribution >= 4 is 5.91 Å². The van der Waals surface area contributed by atoms with E-state index in [1.807, 2.05) is 6.92 Å². The maximum atomic E-state index is 10.6. The van der Waals surface area contributed by atoms with Crippen LogP contribution in [0, 0.1) is 6.07 Å². The number of hydrogen-bond acceptors (Lipinski definition) is 3. The predicted molar refractivity (Wildman–Crippen MR) is 42.8 cm³/mol. The summed E-state index contributed by atoms with van der Waals surface area (Å²) in [6.45, 7) is 2.34. The minimum absolute atomic E-state index is 0.0981. The van der Waals surface area contributed by atoms with Crippen LogP contribution in [0.15, 0.2) is 12.1 Å². The molecule has 63 valence electrons. The third-order valence-electron chi connectivity index (χ3n) is 1.19. The molecule has 4 heteroatoms. The summed E-state index contributed by atoms with van der Waals surface area (Å²) in [6.07, 6.45) is 0. The summed E-state index contributed by atoms with van der Waals surface area (Å²) in [4.78, 5) is 14.4. The average molecular weight is 165 g/mol. The second kappa shape index (κ2) is 3.71. The first-order chi connectivity index (χ1) is 5.74. The molecule has 1 amide bonds. The number of pyridine rings is 1. The van der Waals surface area contributed by atoms with Crippen molar-refractivity contribution in [2.45, 2.75) is 6.92 Å². The van der Waals surface area contributed by atoms with Gasteiger partial charge in [-0.25, -0.2) is 4.98 Å². The first-order valence-electron chi connectivity index (χ1n) is 3.55. The number of nitrogens with zero attached hydrogens (tertiary/aromatic N) is 1. The molecule has 0 unspecified atom stereocenters. The average Bonchev–Trinajstić information content (AvgIpc) is 2.05. The molecule has 1 aromatic heterocycles. The number of rotatable bonds is 3. The molecule has 1 heterocycles. The van der Waals surface area contributed by atoms with Crippen molar-refractivity contribution < 1.29 is 9.53 Å². The molecule has 0 aliphatic heterocycles. The van der Waals surface area contributed by atoms with E-state index in [2.05, 4.69) is 11.1 Å². The van der Waals surface area contributed by atoms with Crippen molar-refractivity contribution in [1.29, 1.82) is 0 Å². The zero-order chi connectivity index (χ0) is 8.97. The fourth-order valence-electron chi connectivity index (χ4n) is 0.726. The Hall–Kier alpha value is -1.58. The van der Waals surface area contributed by atoms with Gasteiger partial charge in [-0.05, 0) is 13.0 Å². The van der Waals surface area contributed by atoms with Gasteiger partial charge < -0.3 is 10.5 Å². The maximum absolute atomic E-state index is 10.6. The van der Waals surface area contributed by atoms with E-state index in [4.69, 9.17) is 10.5 Å². The fourth-order valence-corrected chi connectivity index (χ4v) is 0.726. The number of amides is 1. The second-order valence-electron chi connectivity index (χ2n) is 2.07. The number of nitrogens with two attached hydrogens (primary N) is 1. The van der Waals surface area contributed by atoms with Gasteiger partial charge in [0.05, 0.1) is 6.61 Å². The van der Waals surface area contributed by atoms with E-state index in [9.17, 15) is 4.79 Å². The lowest BCUT2D eigenvalue weighted by atomic mass is 10.3. The van der Waals surface area contributed by atoms with Crippen LogP contribution in [0.5, 0.6) is 5.88 Å². The van der Waals surface area contributed by atoms with E-state index in [1.54, 1.807) is 12.1 Å². The van der Waals surface area contributed by atoms with Crippen molar-refractivity contribution in [2.75, 3.05) is 6.61 Å². The Balaban J connectivity index is 2.88. The maximum Gasteiger partial charge on any atom is 0.268 e. The molecule has 0 atom stereocenters. The lowest BCUT2D eigenvalue weighted by Gasteiger charge is -2.01. The molecule has 0 saturated carbocycles. The van der Waals surface area contributed by atoms with E-state index >= 15 is 0 Å². The molecule has 0 aliphatic carbocycles. The zero-order valence-corrected chi connectivity index (χ0v) is 6.70. The number of hydrogen-bond donors (Lipinski definition) is 1. The van der Waals surface area contributed by atoms with Crippen LogP contribution < -0.4 is 10.5 Å². The molecule has 0 aromatic carbocycles. The van der Waals surface area contributed by atoms with Gasteiger partial charge >= 0.3 is 0 Å². The smallest absolute Gasteiger partial charge is 0.268 e. The number of carbonyl (C=O) groups excluding carboxylic acids is 1. The molecule has 2 N–H and O–H groups in total. The number of ether oxygens (including phenoxy) is 1. The summed E-state index contributed by atoms with van der Waals surface area (Å²) in [5.41, 5.74) is 5.09. The molecule has 0 spiro atoms. The summed E-state index contributed by atoms with van der Waals surface area (Å²) >= 11 is 0. The molecule has 0 fully saturated rings. The van der Waals surface area contributed by atoms with E-state index in [1.165, 1.54) is 0 Å². The summed E-state index contributed by atoms with van der Waals surface area (Å²) in [7, 11) is 0. The number of aromatic nitrogens is 1. The molecule has 0 bridgehead atoms. The summed E-state index contributed by atoms with van der Waals surface area (Å²) in [6, 6.07) is 5.78. The first kappa shape index (κ1) is 8.52. The van der Waals surface area contributed by atoms with Gasteiger partial charge in [0.15, 0.2) is 0 Å². The van der Waals surface area contributed by atoms with Crippen molar-refractivity contribution in [1.82, 2.24) is 4.98 Å². The van der Waals surface area contributed by atoms with Crippen molar-refractivity contribution in [3.63, 3.8) is 0 Å². The van der Waals surface area contributed by atoms with Crippen molar-refractivity contribution in [3.8, 4) is 5.88 Å². The Morgan fingerprint density at radius 1 is 1.83 bits per heavy atom. The van der Waals surface area contributed by atoms with Crippen molar-refractivity contribution in [2.24, 2.45) is 5.73 Å². The minimum Gasteiger partial charge on any atom is -0.478 e. The van der Waals surface area contributed by atoms with E-state index in [-0.39, 0.29) is 5.69 Å². The van der Waals surface area contributed by atoms with Gasteiger partial charge in [0.25, 0.3) is 5.91 Å². The molecule has 0 saturated heterocycles. The molecule has 0 aliphatic rings. The summed E-state index contributed by atoms with van der Waals surface area (Å²) in [5, 5.41) is 0. The van der Waals surface area contributed by atoms with Crippen LogP contribution in [0.1, 0.15) is 17.4 Å². The summed E-state index contributed by atoms with van der Waals surface area (Å²) in [5.74, 6) is -0.207. The standard InChI is InChI=1S/C8H9N2O2/c1-2-12-7-5-3-4-6(10-7)8(9)11/h3,5H,2H2,1H3,(H2,9,11). The highest BCUT2D eigenvalue weighted by Gasteiger charge is 2.02. The molecule has 1 aromatic rings. The number of primary amides is 1. The van der Waals surface area contributed by atoms with Crippen molar-refractivity contribution in [3.05, 3.63) is 23.9 Å². The van der Waals surface area contributed by atoms with Crippen LogP contribution in [0.3, 0.4) is 0 Å². The second-order valence-corrected chi connectivity index (χ2v) is 2.07. The zero-order valence-electron chi connectivity index (χ0n) is 6.70. The molecule has 12 heavy (non-hydrogen) atoms. The van der Waals surface area contributed by atoms with Gasteiger partial charge in [0, 0.05) is 12.1 Å². The van der Waals surface area contributed by atoms with Gasteiger partial charge in [-0.15, -0.1) is 0 Å². The largest absolute Gasteiger partial charge is 0.478 e. The normalized spacial score (nSPS) is 9.42. The molecule has 1 radical (unpaired) electrons.